The van der Waals surface area contributed by atoms with Crippen molar-refractivity contribution in [2.24, 2.45) is 0 Å². The summed E-state index contributed by atoms with van der Waals surface area (Å²) in [5.41, 5.74) is 1.03. The maximum absolute atomic E-state index is 11.2. The molecule has 3 N–H and O–H groups in total. The summed E-state index contributed by atoms with van der Waals surface area (Å²) in [6, 6.07) is 0. The third kappa shape index (κ3) is 5.14. The Hall–Kier alpha value is -1.85. The third-order valence-corrected chi connectivity index (χ3v) is 2.09. The van der Waals surface area contributed by atoms with E-state index in [9.17, 15) is 9.59 Å². The standard InChI is InChI=1S/C10H15N3O3/c14-9(2-1-3-10(15)16)11-5-4-8-6-12-13-7-8/h6-7H,1-5H2,(H,11,14)(H,12,13)(H,15,16). The van der Waals surface area contributed by atoms with Gasteiger partial charge in [0.05, 0.1) is 6.20 Å². The molecule has 0 unspecified atom stereocenters. The smallest absolute Gasteiger partial charge is 0.303 e. The first-order chi connectivity index (χ1) is 7.68. The SMILES string of the molecule is O=C(O)CCCC(=O)NCCc1cn[nH]c1. The lowest BCUT2D eigenvalue weighted by molar-refractivity contribution is -0.137. The second-order valence-corrected chi connectivity index (χ2v) is 3.45. The Morgan fingerprint density at radius 1 is 1.44 bits per heavy atom. The Morgan fingerprint density at radius 3 is 2.88 bits per heavy atom. The van der Waals surface area contributed by atoms with E-state index >= 15 is 0 Å². The van der Waals surface area contributed by atoms with Crippen molar-refractivity contribution < 1.29 is 14.7 Å². The number of hydrogen-bond acceptors (Lipinski definition) is 3. The van der Waals surface area contributed by atoms with Crippen LogP contribution in [0.3, 0.4) is 0 Å². The average Bonchev–Trinajstić information content (AvgIpc) is 2.70. The number of carbonyl (C=O) groups is 2. The summed E-state index contributed by atoms with van der Waals surface area (Å²) in [4.78, 5) is 21.4. The molecular weight excluding hydrogens is 210 g/mol. The van der Waals surface area contributed by atoms with E-state index in [-0.39, 0.29) is 18.7 Å². The Morgan fingerprint density at radius 2 is 2.25 bits per heavy atom. The number of amides is 1. The zero-order valence-electron chi connectivity index (χ0n) is 8.90. The Balaban J connectivity index is 2.04. The van der Waals surface area contributed by atoms with Crippen LogP contribution in [0.1, 0.15) is 24.8 Å². The van der Waals surface area contributed by atoms with Crippen LogP contribution in [0.4, 0.5) is 0 Å². The second-order valence-electron chi connectivity index (χ2n) is 3.45. The van der Waals surface area contributed by atoms with Crippen LogP contribution < -0.4 is 5.32 Å². The average molecular weight is 225 g/mol. The van der Waals surface area contributed by atoms with Crippen molar-refractivity contribution in [2.45, 2.75) is 25.7 Å². The Labute approximate surface area is 93.1 Å². The lowest BCUT2D eigenvalue weighted by atomic mass is 10.2. The summed E-state index contributed by atoms with van der Waals surface area (Å²) < 4.78 is 0. The molecule has 6 heteroatoms. The van der Waals surface area contributed by atoms with Crippen LogP contribution in [0.5, 0.6) is 0 Å². The highest BCUT2D eigenvalue weighted by Crippen LogP contribution is 1.96. The summed E-state index contributed by atoms with van der Waals surface area (Å²) in [5.74, 6) is -0.976. The molecule has 1 amide bonds. The molecule has 0 spiro atoms. The molecule has 0 aliphatic carbocycles. The van der Waals surface area contributed by atoms with Crippen molar-refractivity contribution in [3.8, 4) is 0 Å². The van der Waals surface area contributed by atoms with E-state index in [2.05, 4.69) is 15.5 Å². The van der Waals surface area contributed by atoms with Gasteiger partial charge in [-0.25, -0.2) is 0 Å². The molecule has 88 valence electrons. The van der Waals surface area contributed by atoms with Crippen molar-refractivity contribution in [2.75, 3.05) is 6.54 Å². The normalized spacial score (nSPS) is 10.0. The van der Waals surface area contributed by atoms with Crippen LogP contribution in [-0.4, -0.2) is 33.7 Å². The largest absolute Gasteiger partial charge is 0.481 e. The molecule has 0 aliphatic heterocycles. The number of aromatic nitrogens is 2. The molecule has 16 heavy (non-hydrogen) atoms. The minimum atomic E-state index is -0.869. The van der Waals surface area contributed by atoms with Gasteiger partial charge in [0.25, 0.3) is 0 Å². The molecule has 1 heterocycles. The molecule has 0 fully saturated rings. The van der Waals surface area contributed by atoms with Gasteiger partial charge in [0.2, 0.25) is 5.91 Å². The number of rotatable bonds is 7. The Kier molecular flexibility index (Phi) is 5.04. The summed E-state index contributed by atoms with van der Waals surface area (Å²) >= 11 is 0. The van der Waals surface area contributed by atoms with E-state index in [0.29, 0.717) is 13.0 Å². The van der Waals surface area contributed by atoms with Gasteiger partial charge < -0.3 is 10.4 Å². The fraction of sp³-hybridized carbons (Fsp3) is 0.500. The molecule has 0 aliphatic rings. The van der Waals surface area contributed by atoms with Crippen molar-refractivity contribution in [1.82, 2.24) is 15.5 Å². The van der Waals surface area contributed by atoms with Crippen LogP contribution >= 0.6 is 0 Å². The van der Waals surface area contributed by atoms with Crippen molar-refractivity contribution in [1.29, 1.82) is 0 Å². The van der Waals surface area contributed by atoms with E-state index in [4.69, 9.17) is 5.11 Å². The maximum Gasteiger partial charge on any atom is 0.303 e. The van der Waals surface area contributed by atoms with Gasteiger partial charge >= 0.3 is 5.97 Å². The van der Waals surface area contributed by atoms with Crippen LogP contribution in [0.25, 0.3) is 0 Å². The highest BCUT2D eigenvalue weighted by atomic mass is 16.4. The molecule has 0 bridgehead atoms. The van der Waals surface area contributed by atoms with Crippen molar-refractivity contribution in [3.63, 3.8) is 0 Å². The maximum atomic E-state index is 11.2. The molecule has 0 saturated heterocycles. The number of carboxylic acid groups (broad SMARTS) is 1. The number of nitrogens with one attached hydrogen (secondary N) is 2. The number of H-pyrrole nitrogens is 1. The topological polar surface area (TPSA) is 95.1 Å². The van der Waals surface area contributed by atoms with E-state index in [1.54, 1.807) is 12.4 Å². The molecule has 6 nitrogen and oxygen atoms in total. The Bertz CT molecular complexity index is 335. The number of aliphatic carboxylic acids is 1. The quantitative estimate of drug-likeness (QED) is 0.623. The molecule has 1 rings (SSSR count). The summed E-state index contributed by atoms with van der Waals surface area (Å²) in [5, 5.41) is 17.6. The van der Waals surface area contributed by atoms with Gasteiger partial charge in [-0.1, -0.05) is 0 Å². The number of nitrogens with zero attached hydrogens (tertiary/aromatic N) is 1. The molecule has 0 saturated carbocycles. The molecule has 0 aromatic carbocycles. The first kappa shape index (κ1) is 12.2. The molecule has 1 aromatic heterocycles. The zero-order chi connectivity index (χ0) is 11.8. The molecule has 0 radical (unpaired) electrons. The van der Waals surface area contributed by atoms with Gasteiger partial charge in [-0.3, -0.25) is 14.7 Å². The van der Waals surface area contributed by atoms with E-state index < -0.39 is 5.97 Å². The number of aromatic amines is 1. The number of carboxylic acids is 1. The van der Waals surface area contributed by atoms with Gasteiger partial charge in [0.15, 0.2) is 0 Å². The fourth-order valence-electron chi connectivity index (χ4n) is 1.25. The fourth-order valence-corrected chi connectivity index (χ4v) is 1.25. The van der Waals surface area contributed by atoms with Gasteiger partial charge in [-0.05, 0) is 18.4 Å². The first-order valence-corrected chi connectivity index (χ1v) is 5.14. The predicted molar refractivity (Wildman–Crippen MR) is 56.8 cm³/mol. The minimum Gasteiger partial charge on any atom is -0.481 e. The number of hydrogen-bond donors (Lipinski definition) is 3. The predicted octanol–water partition coefficient (Wildman–Crippen LogP) is 0.323. The van der Waals surface area contributed by atoms with Gasteiger partial charge in [0.1, 0.15) is 0 Å². The van der Waals surface area contributed by atoms with Gasteiger partial charge in [0, 0.05) is 25.6 Å². The third-order valence-electron chi connectivity index (χ3n) is 2.09. The summed E-state index contributed by atoms with van der Waals surface area (Å²) in [7, 11) is 0. The van der Waals surface area contributed by atoms with Crippen molar-refractivity contribution in [3.05, 3.63) is 18.0 Å². The molecule has 0 atom stereocenters. The van der Waals surface area contributed by atoms with Gasteiger partial charge in [-0.2, -0.15) is 5.10 Å². The zero-order valence-corrected chi connectivity index (χ0v) is 8.90. The second kappa shape index (κ2) is 6.60. The highest BCUT2D eigenvalue weighted by Gasteiger charge is 2.03. The van der Waals surface area contributed by atoms with Gasteiger partial charge in [-0.15, -0.1) is 0 Å². The number of carbonyl (C=O) groups excluding carboxylic acids is 1. The van der Waals surface area contributed by atoms with Crippen LogP contribution in [0.2, 0.25) is 0 Å². The van der Waals surface area contributed by atoms with Crippen LogP contribution in [-0.2, 0) is 16.0 Å². The lowest BCUT2D eigenvalue weighted by Crippen LogP contribution is -2.25. The van der Waals surface area contributed by atoms with E-state index in [1.165, 1.54) is 0 Å². The highest BCUT2D eigenvalue weighted by molar-refractivity contribution is 5.76. The van der Waals surface area contributed by atoms with E-state index in [0.717, 1.165) is 12.0 Å². The first-order valence-electron chi connectivity index (χ1n) is 5.14. The lowest BCUT2D eigenvalue weighted by Gasteiger charge is -2.02. The molecular formula is C10H15N3O3. The molecule has 1 aromatic rings. The van der Waals surface area contributed by atoms with Crippen LogP contribution in [0.15, 0.2) is 12.4 Å². The van der Waals surface area contributed by atoms with Crippen LogP contribution in [0, 0.1) is 0 Å². The van der Waals surface area contributed by atoms with Crippen molar-refractivity contribution >= 4 is 11.9 Å². The minimum absolute atomic E-state index is 0.0369. The summed E-state index contributed by atoms with van der Waals surface area (Å²) in [6.45, 7) is 0.547. The summed E-state index contributed by atoms with van der Waals surface area (Å²) in [6.07, 6.45) is 4.88. The monoisotopic (exact) mass is 225 g/mol. The van der Waals surface area contributed by atoms with E-state index in [1.807, 2.05) is 0 Å².